The van der Waals surface area contributed by atoms with Gasteiger partial charge in [0.2, 0.25) is 0 Å². The minimum Gasteiger partial charge on any atom is -0.351 e. The largest absolute Gasteiger partial charge is 0.351 e. The smallest absolute Gasteiger partial charge is 0.174 e. The Kier molecular flexibility index (Phi) is 4.94. The zero-order chi connectivity index (χ0) is 19.8. The molecule has 1 aliphatic heterocycles. The van der Waals surface area contributed by atoms with Gasteiger partial charge in [-0.3, -0.25) is 4.98 Å². The van der Waals surface area contributed by atoms with Crippen LogP contribution >= 0.6 is 12.2 Å². The summed E-state index contributed by atoms with van der Waals surface area (Å²) in [5, 5.41) is 4.26. The highest BCUT2D eigenvalue weighted by Gasteiger charge is 2.41. The van der Waals surface area contributed by atoms with E-state index in [1.165, 1.54) is 17.0 Å². The van der Waals surface area contributed by atoms with Gasteiger partial charge >= 0.3 is 0 Å². The summed E-state index contributed by atoms with van der Waals surface area (Å²) in [5.74, 6) is 0.505. The van der Waals surface area contributed by atoms with E-state index in [-0.39, 0.29) is 12.1 Å². The molecule has 1 saturated heterocycles. The molecule has 28 heavy (non-hydrogen) atoms. The zero-order valence-electron chi connectivity index (χ0n) is 16.8. The molecule has 1 aromatic carbocycles. The highest BCUT2D eigenvalue weighted by atomic mass is 32.1. The number of pyridine rings is 1. The van der Waals surface area contributed by atoms with Gasteiger partial charge in [-0.15, -0.1) is 0 Å². The first-order valence-corrected chi connectivity index (χ1v) is 10.1. The number of rotatable bonds is 4. The van der Waals surface area contributed by atoms with Gasteiger partial charge < -0.3 is 14.8 Å². The van der Waals surface area contributed by atoms with Crippen molar-refractivity contribution in [1.29, 1.82) is 0 Å². The number of aryl methyl sites for hydroxylation is 1. The van der Waals surface area contributed by atoms with Crippen molar-refractivity contribution in [3.8, 4) is 0 Å². The van der Waals surface area contributed by atoms with Crippen LogP contribution in [0.3, 0.4) is 0 Å². The van der Waals surface area contributed by atoms with Gasteiger partial charge in [-0.05, 0) is 67.0 Å². The summed E-state index contributed by atoms with van der Waals surface area (Å²) in [4.78, 5) is 6.84. The second-order valence-electron chi connectivity index (χ2n) is 7.70. The van der Waals surface area contributed by atoms with Crippen molar-refractivity contribution in [3.63, 3.8) is 0 Å². The van der Waals surface area contributed by atoms with Gasteiger partial charge in [0.05, 0.1) is 11.7 Å². The fourth-order valence-corrected chi connectivity index (χ4v) is 4.23. The van der Waals surface area contributed by atoms with Gasteiger partial charge in [-0.2, -0.15) is 0 Å². The van der Waals surface area contributed by atoms with Gasteiger partial charge in [-0.25, -0.2) is 0 Å². The lowest BCUT2D eigenvalue weighted by atomic mass is 9.99. The van der Waals surface area contributed by atoms with Crippen LogP contribution < -0.4 is 10.2 Å². The van der Waals surface area contributed by atoms with Gasteiger partial charge in [0.25, 0.3) is 0 Å². The highest BCUT2D eigenvalue weighted by Crippen LogP contribution is 2.41. The number of thiocarbonyl (C=S) groups is 1. The van der Waals surface area contributed by atoms with Gasteiger partial charge in [0.1, 0.15) is 6.04 Å². The molecule has 0 bridgehead atoms. The number of anilines is 1. The van der Waals surface area contributed by atoms with E-state index in [1.807, 2.05) is 18.3 Å². The molecule has 0 unspecified atom stereocenters. The van der Waals surface area contributed by atoms with Crippen LogP contribution in [0.5, 0.6) is 0 Å². The van der Waals surface area contributed by atoms with E-state index in [2.05, 4.69) is 90.1 Å². The van der Waals surface area contributed by atoms with Crippen molar-refractivity contribution >= 4 is 23.0 Å². The van der Waals surface area contributed by atoms with Crippen molar-refractivity contribution in [1.82, 2.24) is 14.9 Å². The van der Waals surface area contributed by atoms with Crippen LogP contribution in [0.4, 0.5) is 5.69 Å². The lowest BCUT2D eigenvalue weighted by Crippen LogP contribution is -2.30. The maximum absolute atomic E-state index is 5.79. The standard InChI is InChI=1S/C23H26N4S/c1-15(2)17-9-11-18(12-10-17)27-22(20-13-8-16(3)26(20)4)21(25-23(27)28)19-7-5-6-14-24-19/h5-15,21-22H,1-4H3,(H,25,28)/t21-,22-/m1/s1. The van der Waals surface area contributed by atoms with Crippen LogP contribution in [0.15, 0.2) is 60.8 Å². The number of nitrogens with zero attached hydrogens (tertiary/aromatic N) is 3. The van der Waals surface area contributed by atoms with Crippen molar-refractivity contribution in [2.24, 2.45) is 7.05 Å². The molecule has 144 valence electrons. The Morgan fingerprint density at radius 1 is 1.04 bits per heavy atom. The first-order valence-electron chi connectivity index (χ1n) is 9.70. The molecule has 1 fully saturated rings. The van der Waals surface area contributed by atoms with Gasteiger partial charge in [0.15, 0.2) is 5.11 Å². The number of benzene rings is 1. The Balaban J connectivity index is 1.81. The lowest BCUT2D eigenvalue weighted by Gasteiger charge is -2.28. The van der Waals surface area contributed by atoms with E-state index >= 15 is 0 Å². The van der Waals surface area contributed by atoms with Crippen LogP contribution in [0.2, 0.25) is 0 Å². The van der Waals surface area contributed by atoms with E-state index in [4.69, 9.17) is 12.2 Å². The molecule has 0 saturated carbocycles. The van der Waals surface area contributed by atoms with E-state index in [1.54, 1.807) is 0 Å². The Bertz CT molecular complexity index is 976. The van der Waals surface area contributed by atoms with Crippen molar-refractivity contribution in [3.05, 3.63) is 83.4 Å². The summed E-state index contributed by atoms with van der Waals surface area (Å²) in [7, 11) is 2.11. The minimum absolute atomic E-state index is 0.00789. The molecular weight excluding hydrogens is 364 g/mol. The van der Waals surface area contributed by atoms with E-state index in [0.29, 0.717) is 5.92 Å². The van der Waals surface area contributed by atoms with E-state index in [9.17, 15) is 0 Å². The molecule has 4 rings (SSSR count). The maximum atomic E-state index is 5.79. The molecule has 0 spiro atoms. The third-order valence-electron chi connectivity index (χ3n) is 5.65. The monoisotopic (exact) mass is 390 g/mol. The molecule has 0 aliphatic carbocycles. The maximum Gasteiger partial charge on any atom is 0.174 e. The summed E-state index contributed by atoms with van der Waals surface area (Å²) < 4.78 is 2.24. The molecule has 3 aromatic rings. The van der Waals surface area contributed by atoms with Gasteiger partial charge in [0, 0.05) is 30.3 Å². The summed E-state index contributed by atoms with van der Waals surface area (Å²) in [6.45, 7) is 6.55. The van der Waals surface area contributed by atoms with Gasteiger partial charge in [-0.1, -0.05) is 32.0 Å². The normalized spacial score (nSPS) is 19.3. The predicted molar refractivity (Wildman–Crippen MR) is 119 cm³/mol. The van der Waals surface area contributed by atoms with E-state index in [0.717, 1.165) is 16.5 Å². The molecule has 2 atom stereocenters. The topological polar surface area (TPSA) is 33.1 Å². The number of nitrogens with one attached hydrogen (secondary N) is 1. The lowest BCUT2D eigenvalue weighted by molar-refractivity contribution is 0.539. The van der Waals surface area contributed by atoms with E-state index < -0.39 is 0 Å². The average Bonchev–Trinajstić information content (AvgIpc) is 3.22. The summed E-state index contributed by atoms with van der Waals surface area (Å²) in [6, 6.07) is 19.2. The fourth-order valence-electron chi connectivity index (χ4n) is 3.88. The van der Waals surface area contributed by atoms with Crippen LogP contribution in [0.1, 0.15) is 54.5 Å². The molecular formula is C23H26N4S. The number of aromatic nitrogens is 2. The van der Waals surface area contributed by atoms with Crippen LogP contribution in [-0.2, 0) is 7.05 Å². The third-order valence-corrected chi connectivity index (χ3v) is 5.97. The van der Waals surface area contributed by atoms with Crippen LogP contribution in [0.25, 0.3) is 0 Å². The highest BCUT2D eigenvalue weighted by molar-refractivity contribution is 7.80. The molecule has 2 aromatic heterocycles. The molecule has 0 amide bonds. The molecule has 1 aliphatic rings. The quantitative estimate of drug-likeness (QED) is 0.634. The average molecular weight is 391 g/mol. The third kappa shape index (κ3) is 3.20. The predicted octanol–water partition coefficient (Wildman–Crippen LogP) is 5.03. The van der Waals surface area contributed by atoms with Crippen molar-refractivity contribution in [2.45, 2.75) is 38.8 Å². The first-order chi connectivity index (χ1) is 13.5. The number of hydrogen-bond acceptors (Lipinski definition) is 2. The van der Waals surface area contributed by atoms with Crippen LogP contribution in [-0.4, -0.2) is 14.7 Å². The SMILES string of the molecule is Cc1ccc([C@@H]2[C@@H](c3ccccn3)NC(=S)N2c2ccc(C(C)C)cc2)n1C. The Labute approximate surface area is 172 Å². The second kappa shape index (κ2) is 7.40. The Morgan fingerprint density at radius 2 is 1.79 bits per heavy atom. The summed E-state index contributed by atoms with van der Waals surface area (Å²) in [6.07, 6.45) is 1.84. The van der Waals surface area contributed by atoms with Crippen LogP contribution in [0, 0.1) is 6.92 Å². The minimum atomic E-state index is -0.00789. The molecule has 4 nitrogen and oxygen atoms in total. The summed E-state index contributed by atoms with van der Waals surface area (Å²) >= 11 is 5.79. The first kappa shape index (κ1) is 18.7. The Morgan fingerprint density at radius 3 is 2.36 bits per heavy atom. The molecule has 0 radical (unpaired) electrons. The zero-order valence-corrected chi connectivity index (χ0v) is 17.6. The molecule has 1 N–H and O–H groups in total. The summed E-state index contributed by atoms with van der Waals surface area (Å²) in [5.41, 5.74) is 5.87. The van der Waals surface area contributed by atoms with Crippen molar-refractivity contribution in [2.75, 3.05) is 4.90 Å². The second-order valence-corrected chi connectivity index (χ2v) is 8.09. The fraction of sp³-hybridized carbons (Fsp3) is 0.304. The molecule has 5 heteroatoms. The Hall–Kier alpha value is -2.66. The molecule has 3 heterocycles. The number of hydrogen-bond donors (Lipinski definition) is 1. The van der Waals surface area contributed by atoms with Crippen molar-refractivity contribution < 1.29 is 0 Å².